The molecule has 0 aromatic heterocycles. The van der Waals surface area contributed by atoms with Crippen LogP contribution in [0.3, 0.4) is 0 Å². The van der Waals surface area contributed by atoms with Crippen LogP contribution >= 0.6 is 0 Å². The van der Waals surface area contributed by atoms with Gasteiger partial charge < -0.3 is 16.4 Å². The number of rotatable bonds is 4. The van der Waals surface area contributed by atoms with Crippen LogP contribution in [-0.4, -0.2) is 35.5 Å². The second kappa shape index (κ2) is 3.76. The van der Waals surface area contributed by atoms with Crippen LogP contribution in [0.2, 0.25) is 0 Å². The SMILES string of the molecule is CC(N)(CCN1CC2CCC1C2)C(N)=O. The Kier molecular flexibility index (Phi) is 2.73. The molecular formula is C11H21N3O. The molecule has 0 spiro atoms. The van der Waals surface area contributed by atoms with E-state index in [0.29, 0.717) is 6.42 Å². The number of carbonyl (C=O) groups excluding carboxylic acids is 1. The van der Waals surface area contributed by atoms with Gasteiger partial charge in [-0.15, -0.1) is 0 Å². The van der Waals surface area contributed by atoms with Crippen LogP contribution in [0.25, 0.3) is 0 Å². The minimum absolute atomic E-state index is 0.396. The highest BCUT2D eigenvalue weighted by molar-refractivity contribution is 5.83. The van der Waals surface area contributed by atoms with Gasteiger partial charge in [-0.25, -0.2) is 0 Å². The normalized spacial score (nSPS) is 34.3. The zero-order chi connectivity index (χ0) is 11.1. The number of primary amides is 1. The zero-order valence-corrected chi connectivity index (χ0v) is 9.41. The molecule has 15 heavy (non-hydrogen) atoms. The van der Waals surface area contributed by atoms with Crippen molar-refractivity contribution in [2.75, 3.05) is 13.1 Å². The van der Waals surface area contributed by atoms with E-state index in [-0.39, 0.29) is 0 Å². The summed E-state index contributed by atoms with van der Waals surface area (Å²) in [5, 5.41) is 0. The fraction of sp³-hybridized carbons (Fsp3) is 0.909. The first-order valence-corrected chi connectivity index (χ1v) is 5.82. The molecule has 0 radical (unpaired) electrons. The predicted octanol–water partition coefficient (Wildman–Crippen LogP) is 0.0635. The minimum atomic E-state index is -0.845. The number of hydrogen-bond donors (Lipinski definition) is 2. The summed E-state index contributed by atoms with van der Waals surface area (Å²) in [5.74, 6) is 0.500. The topological polar surface area (TPSA) is 72.3 Å². The zero-order valence-electron chi connectivity index (χ0n) is 9.41. The summed E-state index contributed by atoms with van der Waals surface area (Å²) < 4.78 is 0. The molecule has 3 unspecified atom stereocenters. The van der Waals surface area contributed by atoms with Gasteiger partial charge in [0, 0.05) is 19.1 Å². The van der Waals surface area contributed by atoms with Gasteiger partial charge in [0.1, 0.15) is 0 Å². The van der Waals surface area contributed by atoms with Crippen molar-refractivity contribution in [3.8, 4) is 0 Å². The maximum atomic E-state index is 11.1. The van der Waals surface area contributed by atoms with E-state index in [1.165, 1.54) is 25.8 Å². The lowest BCUT2D eigenvalue weighted by Gasteiger charge is -2.30. The van der Waals surface area contributed by atoms with Crippen LogP contribution in [0.5, 0.6) is 0 Å². The van der Waals surface area contributed by atoms with Crippen molar-refractivity contribution in [1.82, 2.24) is 4.90 Å². The molecule has 1 saturated heterocycles. The molecule has 4 nitrogen and oxygen atoms in total. The van der Waals surface area contributed by atoms with Crippen LogP contribution in [0, 0.1) is 5.92 Å². The second-order valence-corrected chi connectivity index (χ2v) is 5.36. The maximum Gasteiger partial charge on any atom is 0.237 e. The number of amides is 1. The fourth-order valence-corrected chi connectivity index (χ4v) is 2.80. The van der Waals surface area contributed by atoms with E-state index in [9.17, 15) is 4.79 Å². The molecule has 1 amide bonds. The number of piperidine rings is 1. The van der Waals surface area contributed by atoms with Gasteiger partial charge in [-0.3, -0.25) is 4.79 Å². The van der Waals surface area contributed by atoms with Crippen molar-refractivity contribution in [2.45, 2.75) is 44.2 Å². The molecule has 1 aliphatic carbocycles. The number of carbonyl (C=O) groups is 1. The van der Waals surface area contributed by atoms with Crippen molar-refractivity contribution < 1.29 is 4.79 Å². The summed E-state index contributed by atoms with van der Waals surface area (Å²) in [6, 6.07) is 0.749. The standard InChI is InChI=1S/C11H21N3O/c1-11(13,10(12)15)4-5-14-7-8-2-3-9(14)6-8/h8-9H,2-7,13H2,1H3,(H2,12,15). The molecule has 0 aromatic rings. The monoisotopic (exact) mass is 211 g/mol. The van der Waals surface area contributed by atoms with Crippen molar-refractivity contribution in [1.29, 1.82) is 0 Å². The third-order valence-corrected chi connectivity index (χ3v) is 4.00. The van der Waals surface area contributed by atoms with Gasteiger partial charge in [0.15, 0.2) is 0 Å². The van der Waals surface area contributed by atoms with E-state index in [1.54, 1.807) is 6.92 Å². The molecule has 4 N–H and O–H groups in total. The van der Waals surface area contributed by atoms with E-state index in [1.807, 2.05) is 0 Å². The molecule has 3 atom stereocenters. The second-order valence-electron chi connectivity index (χ2n) is 5.36. The van der Waals surface area contributed by atoms with E-state index >= 15 is 0 Å². The lowest BCUT2D eigenvalue weighted by atomic mass is 9.98. The summed E-state index contributed by atoms with van der Waals surface area (Å²) in [7, 11) is 0. The smallest absolute Gasteiger partial charge is 0.237 e. The molecule has 2 aliphatic rings. The molecule has 0 aromatic carbocycles. The number of likely N-dealkylation sites (tertiary alicyclic amines) is 1. The minimum Gasteiger partial charge on any atom is -0.368 e. The van der Waals surface area contributed by atoms with Crippen molar-refractivity contribution in [3.05, 3.63) is 0 Å². The quantitative estimate of drug-likeness (QED) is 0.691. The summed E-state index contributed by atoms with van der Waals surface area (Å²) in [5.41, 5.74) is 10.2. The summed E-state index contributed by atoms with van der Waals surface area (Å²) in [4.78, 5) is 13.5. The van der Waals surface area contributed by atoms with Gasteiger partial charge >= 0.3 is 0 Å². The molecule has 4 heteroatoms. The first-order valence-electron chi connectivity index (χ1n) is 5.82. The van der Waals surface area contributed by atoms with Gasteiger partial charge in [-0.1, -0.05) is 0 Å². The van der Waals surface area contributed by atoms with Crippen molar-refractivity contribution in [3.63, 3.8) is 0 Å². The Morgan fingerprint density at radius 2 is 2.27 bits per heavy atom. The van der Waals surface area contributed by atoms with Crippen molar-refractivity contribution in [2.24, 2.45) is 17.4 Å². The van der Waals surface area contributed by atoms with E-state index in [4.69, 9.17) is 11.5 Å². The van der Waals surface area contributed by atoms with Crippen LogP contribution < -0.4 is 11.5 Å². The Morgan fingerprint density at radius 3 is 2.73 bits per heavy atom. The van der Waals surface area contributed by atoms with Crippen LogP contribution in [0.1, 0.15) is 32.6 Å². The number of nitrogens with zero attached hydrogens (tertiary/aromatic N) is 1. The average Bonchev–Trinajstić information content (AvgIpc) is 2.75. The van der Waals surface area contributed by atoms with Gasteiger partial charge in [0.25, 0.3) is 0 Å². The van der Waals surface area contributed by atoms with Crippen molar-refractivity contribution >= 4 is 5.91 Å². The highest BCUT2D eigenvalue weighted by Crippen LogP contribution is 2.37. The molecule has 1 aliphatic heterocycles. The predicted molar refractivity (Wildman–Crippen MR) is 59.1 cm³/mol. The first kappa shape index (κ1) is 10.9. The fourth-order valence-electron chi connectivity index (χ4n) is 2.80. The highest BCUT2D eigenvalue weighted by Gasteiger charge is 2.38. The molecule has 1 saturated carbocycles. The summed E-state index contributed by atoms with van der Waals surface area (Å²) in [6.07, 6.45) is 4.73. The summed E-state index contributed by atoms with van der Waals surface area (Å²) >= 11 is 0. The van der Waals surface area contributed by atoms with E-state index < -0.39 is 11.4 Å². The van der Waals surface area contributed by atoms with E-state index in [0.717, 1.165) is 18.5 Å². The first-order chi connectivity index (χ1) is 6.99. The number of nitrogens with two attached hydrogens (primary N) is 2. The molecule has 2 bridgehead atoms. The maximum absolute atomic E-state index is 11.1. The molecule has 1 heterocycles. The van der Waals surface area contributed by atoms with Gasteiger partial charge in [0.05, 0.1) is 5.54 Å². The van der Waals surface area contributed by atoms with E-state index in [2.05, 4.69) is 4.90 Å². The number of fused-ring (bicyclic) bond motifs is 2. The Hall–Kier alpha value is -0.610. The Bertz CT molecular complexity index is 265. The molecule has 2 rings (SSSR count). The highest BCUT2D eigenvalue weighted by atomic mass is 16.1. The molecule has 86 valence electrons. The van der Waals surface area contributed by atoms with Crippen LogP contribution in [-0.2, 0) is 4.79 Å². The Morgan fingerprint density at radius 1 is 1.53 bits per heavy atom. The van der Waals surface area contributed by atoms with Crippen LogP contribution in [0.15, 0.2) is 0 Å². The third-order valence-electron chi connectivity index (χ3n) is 4.00. The molecule has 2 fully saturated rings. The van der Waals surface area contributed by atoms with Crippen LogP contribution in [0.4, 0.5) is 0 Å². The lowest BCUT2D eigenvalue weighted by Crippen LogP contribution is -2.51. The van der Waals surface area contributed by atoms with Gasteiger partial charge in [0.2, 0.25) is 5.91 Å². The average molecular weight is 211 g/mol. The van der Waals surface area contributed by atoms with Gasteiger partial charge in [-0.2, -0.15) is 0 Å². The van der Waals surface area contributed by atoms with Gasteiger partial charge in [-0.05, 0) is 38.5 Å². The Balaban J connectivity index is 1.81. The largest absolute Gasteiger partial charge is 0.368 e. The Labute approximate surface area is 91.0 Å². The lowest BCUT2D eigenvalue weighted by molar-refractivity contribution is -0.122. The third kappa shape index (κ3) is 2.16. The summed E-state index contributed by atoms with van der Waals surface area (Å²) in [6.45, 7) is 3.83. The number of hydrogen-bond acceptors (Lipinski definition) is 3. The molecular weight excluding hydrogens is 190 g/mol.